The summed E-state index contributed by atoms with van der Waals surface area (Å²) in [5.41, 5.74) is 4.82. The van der Waals surface area contributed by atoms with Crippen LogP contribution in [-0.2, 0) is 21.2 Å². The number of anilines is 6. The molecule has 2 aromatic carbocycles. The Bertz CT molecular complexity index is 1850. The van der Waals surface area contributed by atoms with Crippen molar-refractivity contribution in [2.24, 2.45) is 0 Å². The topological polar surface area (TPSA) is 147 Å². The monoisotopic (exact) mass is 725 g/mol. The van der Waals surface area contributed by atoms with Crippen LogP contribution in [-0.4, -0.2) is 91.6 Å². The minimum atomic E-state index is -3.62. The lowest BCUT2D eigenvalue weighted by atomic mass is 9.97. The van der Waals surface area contributed by atoms with Crippen molar-refractivity contribution in [1.82, 2.24) is 24.8 Å². The van der Waals surface area contributed by atoms with Gasteiger partial charge < -0.3 is 25.0 Å². The third-order valence-corrected chi connectivity index (χ3v) is 9.71. The highest BCUT2D eigenvalue weighted by Gasteiger charge is 2.34. The average molecular weight is 727 g/mol. The predicted octanol–water partition coefficient (Wildman–Crippen LogP) is 5.30. The van der Waals surface area contributed by atoms with E-state index in [0.717, 1.165) is 64.0 Å². The Labute approximate surface area is 283 Å². The molecule has 0 aliphatic carbocycles. The number of nitrogens with one attached hydrogen (secondary N) is 3. The van der Waals surface area contributed by atoms with Gasteiger partial charge in [0.15, 0.2) is 0 Å². The van der Waals surface area contributed by atoms with Crippen LogP contribution in [0.1, 0.15) is 32.3 Å². The van der Waals surface area contributed by atoms with Gasteiger partial charge in [0.2, 0.25) is 16.0 Å². The second-order valence-corrected chi connectivity index (χ2v) is 14.3. The van der Waals surface area contributed by atoms with Crippen LogP contribution in [0.15, 0.2) is 47.3 Å². The number of piperidine rings is 1. The second kappa shape index (κ2) is 14.1. The molecule has 4 aromatic rings. The highest BCUT2D eigenvalue weighted by molar-refractivity contribution is 9.10. The van der Waals surface area contributed by atoms with Crippen LogP contribution in [0.4, 0.5) is 34.5 Å². The maximum absolute atomic E-state index is 12.2. The van der Waals surface area contributed by atoms with Gasteiger partial charge in [-0.2, -0.15) is 4.98 Å². The van der Waals surface area contributed by atoms with Crippen molar-refractivity contribution in [3.63, 3.8) is 0 Å². The fourth-order valence-electron chi connectivity index (χ4n) is 6.23. The van der Waals surface area contributed by atoms with Crippen LogP contribution in [0, 0.1) is 0 Å². The second-order valence-electron chi connectivity index (χ2n) is 11.7. The van der Waals surface area contributed by atoms with Gasteiger partial charge in [0.1, 0.15) is 17.1 Å². The van der Waals surface area contributed by atoms with Crippen LogP contribution in [0.25, 0.3) is 11.0 Å². The van der Waals surface area contributed by atoms with E-state index in [2.05, 4.69) is 82.0 Å². The zero-order valence-corrected chi connectivity index (χ0v) is 29.4. The molecule has 2 aromatic heterocycles. The third kappa shape index (κ3) is 7.53. The fourth-order valence-corrected chi connectivity index (χ4v) is 7.10. The number of hydrogen-bond donors (Lipinski definition) is 3. The number of ether oxygens (including phenoxy) is 2. The lowest BCUT2D eigenvalue weighted by Gasteiger charge is -2.47. The molecule has 2 saturated heterocycles. The molecule has 13 nitrogen and oxygen atoms in total. The lowest BCUT2D eigenvalue weighted by molar-refractivity contribution is -0.0712. The number of aromatic nitrogens is 4. The summed E-state index contributed by atoms with van der Waals surface area (Å²) in [6.45, 7) is 9.06. The first-order valence-corrected chi connectivity index (χ1v) is 18.4. The SMILES string of the molecule is CCOC1CN(C2CCN(c3cc(OC)c(Nc4ncc(Br)c(Nc5ccc6nccnc6c5NS(C)(=O)=O)n4)cc3CC)CC2)C1. The largest absolute Gasteiger partial charge is 0.494 e. The van der Waals surface area contributed by atoms with Crippen molar-refractivity contribution in [1.29, 1.82) is 0 Å². The van der Waals surface area contributed by atoms with Gasteiger partial charge in [0.05, 0.1) is 46.5 Å². The molecule has 0 spiro atoms. The number of likely N-dealkylation sites (tertiary alicyclic amines) is 1. The number of benzene rings is 2. The molecule has 2 fully saturated rings. The summed E-state index contributed by atoms with van der Waals surface area (Å²) in [5.74, 6) is 1.45. The van der Waals surface area contributed by atoms with Crippen molar-refractivity contribution in [2.75, 3.05) is 66.4 Å². The fraction of sp³-hybridized carbons (Fsp3) is 0.438. The van der Waals surface area contributed by atoms with E-state index in [0.29, 0.717) is 50.9 Å². The van der Waals surface area contributed by atoms with Gasteiger partial charge in [-0.3, -0.25) is 19.6 Å². The van der Waals surface area contributed by atoms with Gasteiger partial charge in [0.25, 0.3) is 0 Å². The highest BCUT2D eigenvalue weighted by atomic mass is 79.9. The van der Waals surface area contributed by atoms with Crippen LogP contribution < -0.4 is 25.0 Å². The molecule has 6 rings (SSSR count). The molecule has 2 aliphatic heterocycles. The maximum Gasteiger partial charge on any atom is 0.229 e. The summed E-state index contributed by atoms with van der Waals surface area (Å²) in [5, 5.41) is 6.57. The van der Waals surface area contributed by atoms with Crippen LogP contribution in [0.5, 0.6) is 5.75 Å². The molecule has 0 unspecified atom stereocenters. The van der Waals surface area contributed by atoms with E-state index >= 15 is 0 Å². The number of halogens is 1. The Hall–Kier alpha value is -3.79. The molecule has 47 heavy (non-hydrogen) atoms. The van der Waals surface area contributed by atoms with Gasteiger partial charge in [-0.15, -0.1) is 0 Å². The molecule has 250 valence electrons. The molecule has 0 bridgehead atoms. The third-order valence-electron chi connectivity index (χ3n) is 8.55. The van der Waals surface area contributed by atoms with E-state index < -0.39 is 10.0 Å². The normalized spacial score (nSPS) is 16.2. The Morgan fingerprint density at radius 1 is 1.02 bits per heavy atom. The van der Waals surface area contributed by atoms with Crippen molar-refractivity contribution in [3.05, 3.63) is 52.9 Å². The molecule has 0 amide bonds. The minimum Gasteiger partial charge on any atom is -0.494 e. The van der Waals surface area contributed by atoms with Crippen molar-refractivity contribution in [3.8, 4) is 5.75 Å². The molecule has 15 heteroatoms. The van der Waals surface area contributed by atoms with Crippen molar-refractivity contribution >= 4 is 71.5 Å². The predicted molar refractivity (Wildman–Crippen MR) is 189 cm³/mol. The first-order valence-electron chi connectivity index (χ1n) is 15.7. The Morgan fingerprint density at radius 2 is 1.79 bits per heavy atom. The highest BCUT2D eigenvalue weighted by Crippen LogP contribution is 2.38. The molecular formula is C32H40BrN9O4S. The van der Waals surface area contributed by atoms with Crippen LogP contribution in [0.2, 0.25) is 0 Å². The zero-order valence-electron chi connectivity index (χ0n) is 27.0. The van der Waals surface area contributed by atoms with E-state index in [4.69, 9.17) is 14.5 Å². The lowest BCUT2D eigenvalue weighted by Crippen LogP contribution is -2.58. The van der Waals surface area contributed by atoms with E-state index in [-0.39, 0.29) is 5.69 Å². The standard InChI is InChI=1S/C32H40BrN9O4S/c1-5-20-15-26(28(45-3)16-27(20)41-13-9-21(10-14-41)42-18-22(19-42)46-6-2)38-32-36-17-23(33)31(39-32)37-25-8-7-24-29(35-12-11-34-24)30(25)40-47(4,43)44/h7-8,11-12,15-17,21-22,40H,5-6,9-10,13-14,18-19H2,1-4H3,(H2,36,37,38,39). The number of fused-ring (bicyclic) bond motifs is 1. The van der Waals surface area contributed by atoms with Gasteiger partial charge >= 0.3 is 0 Å². The van der Waals surface area contributed by atoms with E-state index in [1.807, 2.05) is 0 Å². The van der Waals surface area contributed by atoms with Gasteiger partial charge in [-0.1, -0.05) is 6.92 Å². The van der Waals surface area contributed by atoms with E-state index in [1.165, 1.54) is 17.4 Å². The summed E-state index contributed by atoms with van der Waals surface area (Å²) in [4.78, 5) is 22.9. The number of hydrogen-bond acceptors (Lipinski definition) is 12. The van der Waals surface area contributed by atoms with E-state index in [1.54, 1.807) is 31.6 Å². The Balaban J connectivity index is 1.21. The van der Waals surface area contributed by atoms with Crippen LogP contribution >= 0.6 is 15.9 Å². The van der Waals surface area contributed by atoms with Crippen molar-refractivity contribution < 1.29 is 17.9 Å². The summed E-state index contributed by atoms with van der Waals surface area (Å²) >= 11 is 3.52. The van der Waals surface area contributed by atoms with Gasteiger partial charge in [0, 0.05) is 69.2 Å². The van der Waals surface area contributed by atoms with Gasteiger partial charge in [-0.25, -0.2) is 13.4 Å². The maximum atomic E-state index is 12.2. The molecule has 0 radical (unpaired) electrons. The van der Waals surface area contributed by atoms with Gasteiger partial charge in [-0.05, 0) is 65.9 Å². The Kier molecular flexibility index (Phi) is 9.96. The van der Waals surface area contributed by atoms with E-state index in [9.17, 15) is 8.42 Å². The quantitative estimate of drug-likeness (QED) is 0.174. The Morgan fingerprint density at radius 3 is 2.49 bits per heavy atom. The molecule has 0 atom stereocenters. The summed E-state index contributed by atoms with van der Waals surface area (Å²) in [6.07, 6.45) is 9.27. The summed E-state index contributed by atoms with van der Waals surface area (Å²) in [7, 11) is -1.95. The number of sulfonamides is 1. The molecule has 3 N–H and O–H groups in total. The smallest absolute Gasteiger partial charge is 0.229 e. The molecule has 4 heterocycles. The number of rotatable bonds is 12. The molecule has 0 saturated carbocycles. The first kappa shape index (κ1) is 33.1. The first-order chi connectivity index (χ1) is 22.6. The molecular weight excluding hydrogens is 686 g/mol. The average Bonchev–Trinajstić information content (AvgIpc) is 3.04. The number of aryl methyl sites for hydroxylation is 1. The zero-order chi connectivity index (χ0) is 33.1. The molecule has 2 aliphatic rings. The van der Waals surface area contributed by atoms with Crippen LogP contribution in [0.3, 0.4) is 0 Å². The van der Waals surface area contributed by atoms with Crippen molar-refractivity contribution in [2.45, 2.75) is 45.3 Å². The summed E-state index contributed by atoms with van der Waals surface area (Å²) < 4.78 is 39.3. The minimum absolute atomic E-state index is 0.270. The summed E-state index contributed by atoms with van der Waals surface area (Å²) in [6, 6.07) is 8.31. The number of methoxy groups -OCH3 is 1. The number of nitrogens with zero attached hydrogens (tertiary/aromatic N) is 6.